The van der Waals surface area contributed by atoms with Crippen LogP contribution in [-0.4, -0.2) is 20.9 Å². The van der Waals surface area contributed by atoms with Crippen LogP contribution in [0.1, 0.15) is 28.5 Å². The molecule has 134 valence electrons. The predicted octanol–water partition coefficient (Wildman–Crippen LogP) is 4.60. The summed E-state index contributed by atoms with van der Waals surface area (Å²) in [5.74, 6) is -0.0247. The van der Waals surface area contributed by atoms with Gasteiger partial charge in [-0.2, -0.15) is 0 Å². The van der Waals surface area contributed by atoms with Crippen LogP contribution in [0.3, 0.4) is 0 Å². The number of hydrogen-bond acceptors (Lipinski definition) is 5. The lowest BCUT2D eigenvalue weighted by Gasteiger charge is -2.07. The number of ether oxygens (including phenoxy) is 1. The molecule has 1 atom stereocenters. The molecule has 0 saturated carbocycles. The Morgan fingerprint density at radius 1 is 1.15 bits per heavy atom. The summed E-state index contributed by atoms with van der Waals surface area (Å²) < 4.78 is 17.5. The first kappa shape index (κ1) is 18.5. The maximum absolute atomic E-state index is 12.4. The summed E-state index contributed by atoms with van der Waals surface area (Å²) in [5, 5.41) is 2.78. The van der Waals surface area contributed by atoms with Crippen LogP contribution >= 0.6 is 11.3 Å². The van der Waals surface area contributed by atoms with Gasteiger partial charge in [0.1, 0.15) is 11.6 Å². The van der Waals surface area contributed by atoms with Gasteiger partial charge in [0.05, 0.1) is 27.0 Å². The summed E-state index contributed by atoms with van der Waals surface area (Å²) in [6.45, 7) is 3.95. The van der Waals surface area contributed by atoms with Crippen LogP contribution in [0.15, 0.2) is 58.8 Å². The summed E-state index contributed by atoms with van der Waals surface area (Å²) >= 11 is 1.52. The Balaban J connectivity index is 1.69. The van der Waals surface area contributed by atoms with Crippen molar-refractivity contribution in [1.29, 1.82) is 0 Å². The molecule has 0 spiro atoms. The van der Waals surface area contributed by atoms with Gasteiger partial charge in [-0.1, -0.05) is 48.9 Å². The largest absolute Gasteiger partial charge is 0.456 e. The minimum Gasteiger partial charge on any atom is -0.456 e. The molecule has 0 unspecified atom stereocenters. The molecule has 1 aromatic heterocycles. The zero-order valence-electron chi connectivity index (χ0n) is 14.6. The quantitative estimate of drug-likeness (QED) is 0.582. The number of hydrogen-bond donors (Lipinski definition) is 0. The third-order valence-corrected chi connectivity index (χ3v) is 6.13. The number of aromatic nitrogens is 1. The van der Waals surface area contributed by atoms with Crippen LogP contribution in [0.2, 0.25) is 0 Å². The molecule has 0 aliphatic heterocycles. The van der Waals surface area contributed by atoms with Gasteiger partial charge < -0.3 is 4.74 Å². The second-order valence-electron chi connectivity index (χ2n) is 5.72. The lowest BCUT2D eigenvalue weighted by molar-refractivity contribution is 0.0464. The molecule has 3 rings (SSSR count). The number of rotatable bonds is 6. The van der Waals surface area contributed by atoms with Crippen molar-refractivity contribution in [3.63, 3.8) is 0 Å². The highest BCUT2D eigenvalue weighted by atomic mass is 32.2. The number of esters is 1. The van der Waals surface area contributed by atoms with Gasteiger partial charge in [0.15, 0.2) is 0 Å². The van der Waals surface area contributed by atoms with E-state index >= 15 is 0 Å². The molecule has 26 heavy (non-hydrogen) atoms. The average Bonchev–Trinajstić information content (AvgIpc) is 3.15. The minimum absolute atomic E-state index is 0.0916. The number of carbonyl (C=O) groups is 1. The maximum Gasteiger partial charge on any atom is 0.339 e. The number of nitrogens with zero attached hydrogens (tertiary/aromatic N) is 1. The van der Waals surface area contributed by atoms with Crippen molar-refractivity contribution < 1.29 is 13.7 Å². The molecule has 0 radical (unpaired) electrons. The SMILES string of the molecule is CC[S@@](=O)c1ccccc1C(=O)OCc1csc(-c2ccc(C)cc2)n1. The van der Waals surface area contributed by atoms with Crippen LogP contribution in [0, 0.1) is 6.92 Å². The third kappa shape index (κ3) is 4.26. The fourth-order valence-electron chi connectivity index (χ4n) is 2.41. The van der Waals surface area contributed by atoms with E-state index in [-0.39, 0.29) is 6.61 Å². The van der Waals surface area contributed by atoms with Crippen LogP contribution in [0.25, 0.3) is 10.6 Å². The molecule has 0 N–H and O–H groups in total. The van der Waals surface area contributed by atoms with Crippen LogP contribution < -0.4 is 0 Å². The Labute approximate surface area is 159 Å². The van der Waals surface area contributed by atoms with E-state index in [1.165, 1.54) is 16.9 Å². The second-order valence-corrected chi connectivity index (χ2v) is 8.28. The number of thiazole rings is 1. The predicted molar refractivity (Wildman–Crippen MR) is 105 cm³/mol. The summed E-state index contributed by atoms with van der Waals surface area (Å²) in [5.41, 5.74) is 3.29. The smallest absolute Gasteiger partial charge is 0.339 e. The van der Waals surface area contributed by atoms with Crippen molar-refractivity contribution in [2.45, 2.75) is 25.3 Å². The molecule has 4 nitrogen and oxygen atoms in total. The fraction of sp³-hybridized carbons (Fsp3) is 0.200. The molecule has 3 aromatic rings. The van der Waals surface area contributed by atoms with Crippen molar-refractivity contribution in [2.24, 2.45) is 0 Å². The molecular formula is C20H19NO3S2. The first-order chi connectivity index (χ1) is 12.6. The van der Waals surface area contributed by atoms with Crippen molar-refractivity contribution in [1.82, 2.24) is 4.98 Å². The van der Waals surface area contributed by atoms with E-state index in [1.54, 1.807) is 24.3 Å². The second kappa shape index (κ2) is 8.38. The first-order valence-corrected chi connectivity index (χ1v) is 10.4. The lowest BCUT2D eigenvalue weighted by Crippen LogP contribution is -2.10. The van der Waals surface area contributed by atoms with Crippen LogP contribution in [-0.2, 0) is 22.1 Å². The van der Waals surface area contributed by atoms with E-state index in [4.69, 9.17) is 4.74 Å². The van der Waals surface area contributed by atoms with E-state index in [0.717, 1.165) is 10.6 Å². The molecule has 0 amide bonds. The Morgan fingerprint density at radius 3 is 2.62 bits per heavy atom. The Morgan fingerprint density at radius 2 is 1.88 bits per heavy atom. The lowest BCUT2D eigenvalue weighted by atomic mass is 10.2. The molecule has 2 aromatic carbocycles. The molecule has 0 fully saturated rings. The zero-order chi connectivity index (χ0) is 18.5. The number of benzene rings is 2. The van der Waals surface area contributed by atoms with Gasteiger partial charge in [-0.05, 0) is 19.1 Å². The van der Waals surface area contributed by atoms with Gasteiger partial charge in [-0.3, -0.25) is 4.21 Å². The summed E-state index contributed by atoms with van der Waals surface area (Å²) in [4.78, 5) is 17.4. The molecule has 0 bridgehead atoms. The molecule has 1 heterocycles. The van der Waals surface area contributed by atoms with Crippen LogP contribution in [0.4, 0.5) is 0 Å². The van der Waals surface area contributed by atoms with Gasteiger partial charge >= 0.3 is 5.97 Å². The summed E-state index contributed by atoms with van der Waals surface area (Å²) in [6.07, 6.45) is 0. The van der Waals surface area contributed by atoms with Crippen molar-refractivity contribution in [3.8, 4) is 10.6 Å². The summed E-state index contributed by atoms with van der Waals surface area (Å²) in [7, 11) is -1.21. The van der Waals surface area contributed by atoms with E-state index in [2.05, 4.69) is 4.98 Å². The van der Waals surface area contributed by atoms with Gasteiger partial charge in [-0.25, -0.2) is 9.78 Å². The zero-order valence-corrected chi connectivity index (χ0v) is 16.2. The first-order valence-electron chi connectivity index (χ1n) is 8.24. The Bertz CT molecular complexity index is 932. The van der Waals surface area contributed by atoms with E-state index in [9.17, 15) is 9.00 Å². The topological polar surface area (TPSA) is 56.3 Å². The fourth-order valence-corrected chi connectivity index (χ4v) is 4.16. The van der Waals surface area contributed by atoms with E-state index in [1.807, 2.05) is 43.5 Å². The van der Waals surface area contributed by atoms with Crippen LogP contribution in [0.5, 0.6) is 0 Å². The summed E-state index contributed by atoms with van der Waals surface area (Å²) in [6, 6.07) is 15.0. The van der Waals surface area contributed by atoms with Crippen molar-refractivity contribution in [3.05, 3.63) is 70.7 Å². The highest BCUT2D eigenvalue weighted by molar-refractivity contribution is 7.85. The third-order valence-electron chi connectivity index (χ3n) is 3.82. The number of carbonyl (C=O) groups excluding carboxylic acids is 1. The standard InChI is InChI=1S/C20H19NO3S2/c1-3-26(23)18-7-5-4-6-17(18)20(22)24-12-16-13-25-19(21-16)15-10-8-14(2)9-11-15/h4-11,13H,3,12H2,1-2H3/t26-/m1/s1. The van der Waals surface area contributed by atoms with E-state index in [0.29, 0.717) is 21.9 Å². The maximum atomic E-state index is 12.4. The van der Waals surface area contributed by atoms with Crippen molar-refractivity contribution in [2.75, 3.05) is 5.75 Å². The van der Waals surface area contributed by atoms with Gasteiger partial charge in [0, 0.05) is 16.7 Å². The molecule has 6 heteroatoms. The Kier molecular flexibility index (Phi) is 5.96. The normalized spacial score (nSPS) is 11.9. The average molecular weight is 386 g/mol. The van der Waals surface area contributed by atoms with Gasteiger partial charge in [-0.15, -0.1) is 11.3 Å². The van der Waals surface area contributed by atoms with Crippen molar-refractivity contribution >= 4 is 28.1 Å². The van der Waals surface area contributed by atoms with Gasteiger partial charge in [0.25, 0.3) is 0 Å². The Hall–Kier alpha value is -2.31. The highest BCUT2D eigenvalue weighted by Gasteiger charge is 2.16. The molecule has 0 aliphatic carbocycles. The monoisotopic (exact) mass is 385 g/mol. The number of aryl methyl sites for hydroxylation is 1. The molecule has 0 saturated heterocycles. The molecule has 0 aliphatic rings. The molecular weight excluding hydrogens is 366 g/mol. The van der Waals surface area contributed by atoms with Gasteiger partial charge in [0.2, 0.25) is 0 Å². The highest BCUT2D eigenvalue weighted by Crippen LogP contribution is 2.24. The van der Waals surface area contributed by atoms with E-state index < -0.39 is 16.8 Å². The minimum atomic E-state index is -1.21.